The van der Waals surface area contributed by atoms with Crippen LogP contribution in [0.1, 0.15) is 34.0 Å². The van der Waals surface area contributed by atoms with Crippen molar-refractivity contribution in [1.82, 2.24) is 0 Å². The molecular weight excluding hydrogens is 396 g/mol. The zero-order valence-corrected chi connectivity index (χ0v) is 16.8. The van der Waals surface area contributed by atoms with Crippen molar-refractivity contribution in [3.05, 3.63) is 75.1 Å². The Kier molecular flexibility index (Phi) is 5.74. The van der Waals surface area contributed by atoms with Crippen LogP contribution in [0.15, 0.2) is 51.7 Å². The van der Waals surface area contributed by atoms with Gasteiger partial charge in [0.25, 0.3) is 0 Å². The van der Waals surface area contributed by atoms with Crippen molar-refractivity contribution in [2.24, 2.45) is 0 Å². The van der Waals surface area contributed by atoms with E-state index in [9.17, 15) is 23.1 Å². The molecule has 0 aliphatic rings. The van der Waals surface area contributed by atoms with E-state index in [-0.39, 0.29) is 29.3 Å². The van der Waals surface area contributed by atoms with E-state index in [0.717, 1.165) is 6.26 Å². The van der Waals surface area contributed by atoms with Crippen molar-refractivity contribution in [3.8, 4) is 5.75 Å². The van der Waals surface area contributed by atoms with E-state index < -0.39 is 21.4 Å². The molecule has 0 aliphatic carbocycles. The number of rotatable bonds is 6. The maximum atomic E-state index is 12.3. The lowest BCUT2D eigenvalue weighted by Gasteiger charge is -2.10. The molecule has 0 radical (unpaired) electrons. The number of aryl methyl sites for hydroxylation is 1. The van der Waals surface area contributed by atoms with Crippen LogP contribution in [0.2, 0.25) is 0 Å². The molecule has 8 heteroatoms. The molecule has 152 valence electrons. The van der Waals surface area contributed by atoms with Crippen molar-refractivity contribution in [3.63, 3.8) is 0 Å². The molecule has 7 nitrogen and oxygen atoms in total. The minimum absolute atomic E-state index is 0.0338. The number of hydrogen-bond donors (Lipinski definition) is 1. The second-order valence-electron chi connectivity index (χ2n) is 6.76. The van der Waals surface area contributed by atoms with E-state index in [1.54, 1.807) is 18.2 Å². The summed E-state index contributed by atoms with van der Waals surface area (Å²) in [7, 11) is -3.16. The lowest BCUT2D eigenvalue weighted by Crippen LogP contribution is -2.08. The SMILES string of the molecule is CCc1cc2c(COC(=O)c3ccc(CS(C)(=O)=O)cc3)cc(=O)oc2cc1O. The Hall–Kier alpha value is -3.13. The van der Waals surface area contributed by atoms with Crippen molar-refractivity contribution in [1.29, 1.82) is 0 Å². The molecule has 0 amide bonds. The van der Waals surface area contributed by atoms with Crippen LogP contribution in [0.25, 0.3) is 11.0 Å². The first kappa shape index (κ1) is 20.6. The maximum absolute atomic E-state index is 12.3. The number of carbonyl (C=O) groups excluding carboxylic acids is 1. The summed E-state index contributed by atoms with van der Waals surface area (Å²) in [6.45, 7) is 1.73. The van der Waals surface area contributed by atoms with Gasteiger partial charge in [-0.1, -0.05) is 19.1 Å². The standard InChI is InChI=1S/C21H20O7S/c1-3-14-8-17-16(9-20(23)28-19(17)10-18(14)22)11-27-21(24)15-6-4-13(5-7-15)12-29(2,25)26/h4-10,22H,3,11-12H2,1-2H3. The largest absolute Gasteiger partial charge is 0.508 e. The Bertz CT molecular complexity index is 1220. The number of aromatic hydroxyl groups is 1. The maximum Gasteiger partial charge on any atom is 0.338 e. The Balaban J connectivity index is 1.81. The second kappa shape index (κ2) is 8.08. The molecule has 0 atom stereocenters. The molecule has 0 unspecified atom stereocenters. The lowest BCUT2D eigenvalue weighted by molar-refractivity contribution is 0.0474. The molecule has 0 aliphatic heterocycles. The van der Waals surface area contributed by atoms with Crippen LogP contribution in [0.3, 0.4) is 0 Å². The quantitative estimate of drug-likeness (QED) is 0.486. The highest BCUT2D eigenvalue weighted by molar-refractivity contribution is 7.89. The number of carbonyl (C=O) groups is 1. The predicted octanol–water partition coefficient (Wildman–Crippen LogP) is 2.96. The zero-order valence-electron chi connectivity index (χ0n) is 16.0. The monoisotopic (exact) mass is 416 g/mol. The summed E-state index contributed by atoms with van der Waals surface area (Å²) in [4.78, 5) is 24.1. The van der Waals surface area contributed by atoms with E-state index in [1.807, 2.05) is 6.92 Å². The van der Waals surface area contributed by atoms with Crippen LogP contribution >= 0.6 is 0 Å². The van der Waals surface area contributed by atoms with Crippen molar-refractivity contribution in [2.45, 2.75) is 25.7 Å². The zero-order chi connectivity index (χ0) is 21.2. The van der Waals surface area contributed by atoms with Gasteiger partial charge < -0.3 is 14.3 Å². The van der Waals surface area contributed by atoms with Crippen LogP contribution < -0.4 is 5.63 Å². The topological polar surface area (TPSA) is 111 Å². The third-order valence-electron chi connectivity index (χ3n) is 4.39. The molecule has 1 N–H and O–H groups in total. The van der Waals surface area contributed by atoms with Gasteiger partial charge in [-0.3, -0.25) is 0 Å². The van der Waals surface area contributed by atoms with Gasteiger partial charge in [0.2, 0.25) is 0 Å². The first-order valence-electron chi connectivity index (χ1n) is 8.88. The normalized spacial score (nSPS) is 11.5. The summed E-state index contributed by atoms with van der Waals surface area (Å²) in [5.74, 6) is -0.681. The highest BCUT2D eigenvalue weighted by Gasteiger charge is 2.13. The number of benzene rings is 2. The molecule has 3 aromatic rings. The summed E-state index contributed by atoms with van der Waals surface area (Å²) in [5.41, 5.74) is 1.58. The van der Waals surface area contributed by atoms with Crippen LogP contribution in [0.5, 0.6) is 5.75 Å². The van der Waals surface area contributed by atoms with Gasteiger partial charge in [-0.25, -0.2) is 18.0 Å². The van der Waals surface area contributed by atoms with Gasteiger partial charge in [-0.2, -0.15) is 0 Å². The van der Waals surface area contributed by atoms with Gasteiger partial charge >= 0.3 is 11.6 Å². The molecule has 0 spiro atoms. The minimum atomic E-state index is -3.16. The summed E-state index contributed by atoms with van der Waals surface area (Å²) in [6.07, 6.45) is 1.72. The van der Waals surface area contributed by atoms with E-state index in [2.05, 4.69) is 0 Å². The van der Waals surface area contributed by atoms with Gasteiger partial charge in [-0.05, 0) is 35.7 Å². The van der Waals surface area contributed by atoms with Gasteiger partial charge in [-0.15, -0.1) is 0 Å². The number of hydrogen-bond acceptors (Lipinski definition) is 7. The molecule has 2 aromatic carbocycles. The summed E-state index contributed by atoms with van der Waals surface area (Å²) >= 11 is 0. The van der Waals surface area contributed by atoms with E-state index in [4.69, 9.17) is 9.15 Å². The smallest absolute Gasteiger partial charge is 0.338 e. The number of sulfone groups is 1. The van der Waals surface area contributed by atoms with Crippen LogP contribution in [-0.2, 0) is 33.4 Å². The van der Waals surface area contributed by atoms with Gasteiger partial charge in [0.15, 0.2) is 9.84 Å². The minimum Gasteiger partial charge on any atom is -0.508 e. The van der Waals surface area contributed by atoms with Crippen molar-refractivity contribution < 1.29 is 27.5 Å². The average molecular weight is 416 g/mol. The Morgan fingerprint density at radius 1 is 1.10 bits per heavy atom. The molecular formula is C21H20O7S. The Morgan fingerprint density at radius 2 is 1.79 bits per heavy atom. The van der Waals surface area contributed by atoms with Gasteiger partial charge in [0.05, 0.1) is 11.3 Å². The lowest BCUT2D eigenvalue weighted by atomic mass is 10.0. The van der Waals surface area contributed by atoms with Crippen LogP contribution in [0, 0.1) is 0 Å². The Morgan fingerprint density at radius 3 is 2.41 bits per heavy atom. The van der Waals surface area contributed by atoms with E-state index in [0.29, 0.717) is 28.5 Å². The second-order valence-corrected chi connectivity index (χ2v) is 8.90. The molecule has 1 aromatic heterocycles. The van der Waals surface area contributed by atoms with Crippen molar-refractivity contribution >= 4 is 26.8 Å². The molecule has 29 heavy (non-hydrogen) atoms. The number of esters is 1. The fourth-order valence-corrected chi connectivity index (χ4v) is 3.77. The molecule has 1 heterocycles. The fraction of sp³-hybridized carbons (Fsp3) is 0.238. The number of phenols is 1. The average Bonchev–Trinajstić information content (AvgIpc) is 2.64. The molecule has 3 rings (SSSR count). The number of fused-ring (bicyclic) bond motifs is 1. The number of ether oxygens (including phenoxy) is 1. The molecule has 0 saturated carbocycles. The van der Waals surface area contributed by atoms with Gasteiger partial charge in [0, 0.05) is 29.3 Å². The third kappa shape index (κ3) is 5.03. The van der Waals surface area contributed by atoms with Crippen molar-refractivity contribution in [2.75, 3.05) is 6.26 Å². The van der Waals surface area contributed by atoms with E-state index in [1.165, 1.54) is 24.3 Å². The van der Waals surface area contributed by atoms with Crippen LogP contribution in [0.4, 0.5) is 0 Å². The Labute approximate surface area is 167 Å². The number of phenolic OH excluding ortho intramolecular Hbond substituents is 1. The summed E-state index contributed by atoms with van der Waals surface area (Å²) in [6, 6.07) is 10.4. The highest BCUT2D eigenvalue weighted by Crippen LogP contribution is 2.27. The molecule has 0 saturated heterocycles. The fourth-order valence-electron chi connectivity index (χ4n) is 2.98. The van der Waals surface area contributed by atoms with E-state index >= 15 is 0 Å². The predicted molar refractivity (Wildman–Crippen MR) is 108 cm³/mol. The summed E-state index contributed by atoms with van der Waals surface area (Å²) in [5, 5.41) is 10.5. The summed E-state index contributed by atoms with van der Waals surface area (Å²) < 4.78 is 33.1. The van der Waals surface area contributed by atoms with Gasteiger partial charge in [0.1, 0.15) is 17.9 Å². The first-order chi connectivity index (χ1) is 13.7. The van der Waals surface area contributed by atoms with Crippen LogP contribution in [-0.4, -0.2) is 25.7 Å². The molecule has 0 bridgehead atoms. The first-order valence-corrected chi connectivity index (χ1v) is 10.9. The molecule has 0 fully saturated rings. The third-order valence-corrected chi connectivity index (χ3v) is 5.25. The highest BCUT2D eigenvalue weighted by atomic mass is 32.2.